The van der Waals surface area contributed by atoms with Crippen LogP contribution in [-0.4, -0.2) is 20.2 Å². The summed E-state index contributed by atoms with van der Waals surface area (Å²) in [6.45, 7) is 0. The van der Waals surface area contributed by atoms with Crippen molar-refractivity contribution in [3.8, 4) is 0 Å². The smallest absolute Gasteiger partial charge is 0.107 e. The van der Waals surface area contributed by atoms with Crippen molar-refractivity contribution in [2.75, 3.05) is 5.73 Å². The summed E-state index contributed by atoms with van der Waals surface area (Å²) in [6, 6.07) is 8.01. The van der Waals surface area contributed by atoms with E-state index in [1.807, 2.05) is 24.3 Å². The zero-order valence-corrected chi connectivity index (χ0v) is 9.27. The average Bonchev–Trinajstić information content (AvgIpc) is 2.92. The average molecular weight is 227 g/mol. The van der Waals surface area contributed by atoms with Crippen molar-refractivity contribution in [2.45, 2.75) is 12.8 Å². The molecule has 0 spiro atoms. The number of rotatable bonds is 3. The number of nitrogens with two attached hydrogens (primary N) is 1. The second-order valence-electron chi connectivity index (χ2n) is 4.00. The molecule has 5 nitrogen and oxygen atoms in total. The summed E-state index contributed by atoms with van der Waals surface area (Å²) in [5.74, 6) is 0.972. The van der Waals surface area contributed by atoms with Gasteiger partial charge in [0.05, 0.1) is 28.6 Å². The number of imidazole rings is 1. The van der Waals surface area contributed by atoms with Crippen LogP contribution < -0.4 is 5.73 Å². The van der Waals surface area contributed by atoms with Gasteiger partial charge in [0.2, 0.25) is 0 Å². The lowest BCUT2D eigenvalue weighted by molar-refractivity contribution is 0.851. The third-order valence-corrected chi connectivity index (χ3v) is 2.80. The molecule has 0 bridgehead atoms. The molecule has 0 aliphatic heterocycles. The maximum Gasteiger partial charge on any atom is 0.107 e. The van der Waals surface area contributed by atoms with Crippen LogP contribution >= 0.6 is 0 Å². The van der Waals surface area contributed by atoms with Crippen LogP contribution in [0.1, 0.15) is 11.5 Å². The van der Waals surface area contributed by atoms with Crippen LogP contribution in [0.4, 0.5) is 5.69 Å². The molecule has 0 saturated carbocycles. The molecule has 0 radical (unpaired) electrons. The summed E-state index contributed by atoms with van der Waals surface area (Å²) in [5.41, 5.74) is 9.50. The number of aryl methyl sites for hydroxylation is 2. The number of para-hydroxylation sites is 2. The van der Waals surface area contributed by atoms with Gasteiger partial charge in [-0.25, -0.2) is 4.98 Å². The van der Waals surface area contributed by atoms with Crippen LogP contribution in [0.25, 0.3) is 11.0 Å². The Kier molecular flexibility index (Phi) is 2.29. The molecule has 0 amide bonds. The number of aromatic amines is 2. The lowest BCUT2D eigenvalue weighted by Gasteiger charge is -1.96. The Morgan fingerprint density at radius 3 is 2.82 bits per heavy atom. The van der Waals surface area contributed by atoms with Gasteiger partial charge in [-0.3, -0.25) is 5.10 Å². The van der Waals surface area contributed by atoms with Crippen molar-refractivity contribution in [3.05, 3.63) is 42.0 Å². The van der Waals surface area contributed by atoms with Gasteiger partial charge in [-0.1, -0.05) is 12.1 Å². The minimum atomic E-state index is 0.709. The molecule has 0 saturated heterocycles. The fourth-order valence-electron chi connectivity index (χ4n) is 1.89. The molecule has 0 fully saturated rings. The van der Waals surface area contributed by atoms with Gasteiger partial charge in [0, 0.05) is 6.42 Å². The number of anilines is 1. The monoisotopic (exact) mass is 227 g/mol. The van der Waals surface area contributed by atoms with E-state index in [9.17, 15) is 0 Å². The molecule has 4 N–H and O–H groups in total. The number of nitrogens with zero attached hydrogens (tertiary/aromatic N) is 2. The highest BCUT2D eigenvalue weighted by Gasteiger charge is 2.05. The maximum atomic E-state index is 5.76. The normalized spacial score (nSPS) is 11.1. The van der Waals surface area contributed by atoms with E-state index in [-0.39, 0.29) is 0 Å². The zero-order valence-electron chi connectivity index (χ0n) is 9.27. The number of H-pyrrole nitrogens is 2. The Morgan fingerprint density at radius 2 is 2.06 bits per heavy atom. The number of nitrogen functional groups attached to an aromatic ring is 1. The fourth-order valence-corrected chi connectivity index (χ4v) is 1.89. The molecule has 0 aliphatic rings. The third-order valence-electron chi connectivity index (χ3n) is 2.80. The summed E-state index contributed by atoms with van der Waals surface area (Å²) in [6.07, 6.45) is 3.26. The van der Waals surface area contributed by atoms with Crippen molar-refractivity contribution >= 4 is 16.7 Å². The quantitative estimate of drug-likeness (QED) is 0.636. The van der Waals surface area contributed by atoms with Crippen molar-refractivity contribution in [1.82, 2.24) is 20.2 Å². The van der Waals surface area contributed by atoms with Gasteiger partial charge in [0.15, 0.2) is 0 Å². The summed E-state index contributed by atoms with van der Waals surface area (Å²) in [5, 5.41) is 6.79. The predicted octanol–water partition coefficient (Wildman–Crippen LogP) is 1.65. The molecule has 3 rings (SSSR count). The first kappa shape index (κ1) is 9.89. The van der Waals surface area contributed by atoms with Gasteiger partial charge in [0.25, 0.3) is 0 Å². The standard InChI is InChI=1S/C12H13N5/c13-8-7-14-17-9(8)5-6-12-15-10-3-1-2-4-11(10)16-12/h1-4,7H,5-6,13H2,(H,14,17)(H,15,16). The molecule has 86 valence electrons. The van der Waals surface area contributed by atoms with E-state index in [0.717, 1.165) is 35.4 Å². The SMILES string of the molecule is Nc1cn[nH]c1CCc1nc2ccccc2[nH]1. The van der Waals surface area contributed by atoms with Crippen LogP contribution in [0, 0.1) is 0 Å². The van der Waals surface area contributed by atoms with Gasteiger partial charge >= 0.3 is 0 Å². The van der Waals surface area contributed by atoms with E-state index in [2.05, 4.69) is 20.2 Å². The number of fused-ring (bicyclic) bond motifs is 1. The summed E-state index contributed by atoms with van der Waals surface area (Å²) < 4.78 is 0. The number of aromatic nitrogens is 4. The first-order valence-corrected chi connectivity index (χ1v) is 5.54. The molecule has 0 unspecified atom stereocenters. The van der Waals surface area contributed by atoms with Gasteiger partial charge in [-0.2, -0.15) is 5.10 Å². The Balaban J connectivity index is 1.79. The van der Waals surface area contributed by atoms with Gasteiger partial charge in [-0.05, 0) is 18.6 Å². The Bertz CT molecular complexity index is 604. The van der Waals surface area contributed by atoms with E-state index in [1.54, 1.807) is 6.20 Å². The highest BCUT2D eigenvalue weighted by Crippen LogP contribution is 2.13. The van der Waals surface area contributed by atoms with Crippen molar-refractivity contribution in [3.63, 3.8) is 0 Å². The highest BCUT2D eigenvalue weighted by molar-refractivity contribution is 5.74. The summed E-state index contributed by atoms with van der Waals surface area (Å²) >= 11 is 0. The summed E-state index contributed by atoms with van der Waals surface area (Å²) in [7, 11) is 0. The van der Waals surface area contributed by atoms with Crippen LogP contribution in [0.3, 0.4) is 0 Å². The molecular formula is C12H13N5. The number of benzene rings is 1. The van der Waals surface area contributed by atoms with E-state index < -0.39 is 0 Å². The topological polar surface area (TPSA) is 83.4 Å². The second-order valence-corrected chi connectivity index (χ2v) is 4.00. The zero-order chi connectivity index (χ0) is 11.7. The number of hydrogen-bond donors (Lipinski definition) is 3. The molecule has 2 heterocycles. The Labute approximate surface area is 98.1 Å². The maximum absolute atomic E-state index is 5.76. The third kappa shape index (κ3) is 1.87. The predicted molar refractivity (Wildman–Crippen MR) is 66.5 cm³/mol. The van der Waals surface area contributed by atoms with E-state index >= 15 is 0 Å². The molecular weight excluding hydrogens is 214 g/mol. The number of nitrogens with one attached hydrogen (secondary N) is 2. The van der Waals surface area contributed by atoms with Crippen LogP contribution in [0.5, 0.6) is 0 Å². The van der Waals surface area contributed by atoms with Gasteiger partial charge < -0.3 is 10.7 Å². The van der Waals surface area contributed by atoms with Crippen LogP contribution in [0.15, 0.2) is 30.5 Å². The molecule has 3 aromatic rings. The largest absolute Gasteiger partial charge is 0.396 e. The molecule has 0 aliphatic carbocycles. The van der Waals surface area contributed by atoms with Crippen molar-refractivity contribution in [2.24, 2.45) is 0 Å². The molecule has 5 heteroatoms. The first-order valence-electron chi connectivity index (χ1n) is 5.54. The molecule has 17 heavy (non-hydrogen) atoms. The summed E-state index contributed by atoms with van der Waals surface area (Å²) in [4.78, 5) is 7.80. The Morgan fingerprint density at radius 1 is 1.18 bits per heavy atom. The van der Waals surface area contributed by atoms with Crippen molar-refractivity contribution in [1.29, 1.82) is 0 Å². The van der Waals surface area contributed by atoms with E-state index in [0.29, 0.717) is 5.69 Å². The van der Waals surface area contributed by atoms with Gasteiger partial charge in [-0.15, -0.1) is 0 Å². The van der Waals surface area contributed by atoms with Crippen LogP contribution in [-0.2, 0) is 12.8 Å². The Hall–Kier alpha value is -2.30. The first-order chi connectivity index (χ1) is 8.33. The minimum Gasteiger partial charge on any atom is -0.396 e. The van der Waals surface area contributed by atoms with Gasteiger partial charge in [0.1, 0.15) is 5.82 Å². The second kappa shape index (κ2) is 3.93. The highest BCUT2D eigenvalue weighted by atomic mass is 15.1. The van der Waals surface area contributed by atoms with E-state index in [4.69, 9.17) is 5.73 Å². The van der Waals surface area contributed by atoms with E-state index in [1.165, 1.54) is 0 Å². The fraction of sp³-hybridized carbons (Fsp3) is 0.167. The molecule has 1 aromatic carbocycles. The lowest BCUT2D eigenvalue weighted by Crippen LogP contribution is -1.97. The van der Waals surface area contributed by atoms with Crippen LogP contribution in [0.2, 0.25) is 0 Å². The molecule has 0 atom stereocenters. The lowest BCUT2D eigenvalue weighted by atomic mass is 10.2. The number of hydrogen-bond acceptors (Lipinski definition) is 3. The van der Waals surface area contributed by atoms with Crippen molar-refractivity contribution < 1.29 is 0 Å². The minimum absolute atomic E-state index is 0.709. The molecule has 2 aromatic heterocycles.